The summed E-state index contributed by atoms with van der Waals surface area (Å²) < 4.78 is 58.8. The molecule has 2 aliphatic heterocycles. The van der Waals surface area contributed by atoms with Crippen LogP contribution >= 0.6 is 0 Å². The highest BCUT2D eigenvalue weighted by molar-refractivity contribution is 5.91. The zero-order chi connectivity index (χ0) is 50.7. The number of anilines is 2. The van der Waals surface area contributed by atoms with Crippen molar-refractivity contribution < 1.29 is 62.2 Å². The summed E-state index contributed by atoms with van der Waals surface area (Å²) in [6.07, 6.45) is -10.1. The van der Waals surface area contributed by atoms with Gasteiger partial charge < -0.3 is 39.2 Å². The fourth-order valence-corrected chi connectivity index (χ4v) is 7.11. The van der Waals surface area contributed by atoms with Crippen LogP contribution in [0.25, 0.3) is 22.3 Å². The number of hydrogen-bond acceptors (Lipinski definition) is 16. The number of aromatic nitrogens is 8. The lowest BCUT2D eigenvalue weighted by atomic mass is 10.1. The number of H-pyrrole nitrogens is 2. The molecule has 2 fully saturated rings. The van der Waals surface area contributed by atoms with Gasteiger partial charge in [0.05, 0.1) is 24.9 Å². The van der Waals surface area contributed by atoms with Gasteiger partial charge in [-0.05, 0) is 44.6 Å². The minimum atomic E-state index is -1.70. The van der Waals surface area contributed by atoms with Crippen molar-refractivity contribution in [2.75, 3.05) is 30.3 Å². The zero-order valence-electron chi connectivity index (χ0n) is 40.2. The van der Waals surface area contributed by atoms with Crippen LogP contribution in [-0.2, 0) is 28.5 Å². The minimum Gasteiger partial charge on any atom is -0.450 e. The summed E-state index contributed by atoms with van der Waals surface area (Å²) in [6.45, 7) is 20.3. The highest BCUT2D eigenvalue weighted by atomic mass is 19.1. The number of amides is 2. The summed E-state index contributed by atoms with van der Waals surface area (Å²) in [7, 11) is 0. The Balaban J connectivity index is 0.000000327. The van der Waals surface area contributed by atoms with Crippen LogP contribution in [0.15, 0.2) is 52.6 Å². The maximum atomic E-state index is 15.2. The van der Waals surface area contributed by atoms with E-state index in [2.05, 4.69) is 70.9 Å². The summed E-state index contributed by atoms with van der Waals surface area (Å²) in [5.41, 5.74) is -1.33. The molecule has 0 radical (unpaired) electrons. The quantitative estimate of drug-likeness (QED) is 0.0675. The van der Waals surface area contributed by atoms with Crippen LogP contribution in [0.1, 0.15) is 95.0 Å². The molecule has 71 heavy (non-hydrogen) atoms. The van der Waals surface area contributed by atoms with Crippen molar-refractivity contribution in [1.29, 1.82) is 0 Å². The van der Waals surface area contributed by atoms with Crippen LogP contribution in [0.5, 0.6) is 5.75 Å². The number of halogens is 2. The number of hydrogen-bond donors (Lipinski definition) is 5. The van der Waals surface area contributed by atoms with Crippen molar-refractivity contribution in [2.24, 2.45) is 11.8 Å². The van der Waals surface area contributed by atoms with Crippen LogP contribution < -0.4 is 26.5 Å². The molecule has 5 aromatic rings. The molecule has 2 amide bonds. The molecule has 1 aromatic carbocycles. The number of imidazole rings is 2. The smallest absolute Gasteiger partial charge is 0.450 e. The Bertz CT molecular complexity index is 2650. The first-order chi connectivity index (χ1) is 32.8. The Morgan fingerprint density at radius 1 is 0.732 bits per heavy atom. The molecule has 8 atom stereocenters. The lowest BCUT2D eigenvalue weighted by molar-refractivity contribution is -0.119. The lowest BCUT2D eigenvalue weighted by Gasteiger charge is -2.20. The number of aromatic amines is 2. The van der Waals surface area contributed by atoms with E-state index in [1.54, 1.807) is 71.9 Å². The molecule has 24 nitrogen and oxygen atoms in total. The molecule has 26 heteroatoms. The second kappa shape index (κ2) is 26.3. The monoisotopic (exact) mass is 1010 g/mol. The second-order valence-electron chi connectivity index (χ2n) is 16.3. The molecule has 7 N–H and O–H groups in total. The fourth-order valence-electron chi connectivity index (χ4n) is 7.11. The number of nitrogens with zero attached hydrogens (tertiary/aromatic N) is 7. The second-order valence-corrected chi connectivity index (χ2v) is 16.3. The average Bonchev–Trinajstić information content (AvgIpc) is 4.08. The molecule has 0 spiro atoms. The molecule has 392 valence electrons. The Labute approximate surface area is 407 Å². The van der Waals surface area contributed by atoms with E-state index in [-0.39, 0.29) is 82.9 Å². The Morgan fingerprint density at radius 3 is 1.49 bits per heavy atom. The minimum absolute atomic E-state index is 0. The predicted molar refractivity (Wildman–Crippen MR) is 255 cm³/mol. The predicted octanol–water partition coefficient (Wildman–Crippen LogP) is 5.53. The zero-order valence-corrected chi connectivity index (χ0v) is 40.2. The molecular weight excluding hydrogens is 941 g/mol. The molecule has 0 aliphatic carbocycles. The van der Waals surface area contributed by atoms with Gasteiger partial charge in [0.1, 0.15) is 5.75 Å². The highest BCUT2D eigenvalue weighted by Crippen LogP contribution is 2.38. The van der Waals surface area contributed by atoms with E-state index in [9.17, 15) is 33.2 Å². The van der Waals surface area contributed by atoms with Gasteiger partial charge in [0.15, 0.2) is 59.3 Å². The average molecular weight is 1010 g/mol. The van der Waals surface area contributed by atoms with Gasteiger partial charge >= 0.3 is 12.3 Å². The molecule has 6 heterocycles. The molecule has 2 saturated heterocycles. The van der Waals surface area contributed by atoms with Gasteiger partial charge in [-0.25, -0.2) is 28.3 Å². The van der Waals surface area contributed by atoms with E-state index in [1.807, 2.05) is 0 Å². The van der Waals surface area contributed by atoms with Crippen LogP contribution in [0.2, 0.25) is 0 Å². The van der Waals surface area contributed by atoms with E-state index in [4.69, 9.17) is 24.1 Å². The van der Waals surface area contributed by atoms with Crippen molar-refractivity contribution >= 4 is 58.3 Å². The highest BCUT2D eigenvalue weighted by Gasteiger charge is 2.50. The summed E-state index contributed by atoms with van der Waals surface area (Å²) in [4.78, 5) is 95.7. The van der Waals surface area contributed by atoms with Gasteiger partial charge in [-0.15, -0.1) is 0 Å². The molecule has 2 aliphatic rings. The number of carbonyl (C=O) groups is 4. The molecule has 0 bridgehead atoms. The van der Waals surface area contributed by atoms with Crippen molar-refractivity contribution in [3.63, 3.8) is 0 Å². The van der Waals surface area contributed by atoms with Crippen molar-refractivity contribution in [3.05, 3.63) is 63.7 Å². The maximum absolute atomic E-state index is 15.2. The van der Waals surface area contributed by atoms with E-state index >= 15 is 4.39 Å². The molecular formula is C45H65F2N11O13. The van der Waals surface area contributed by atoms with Gasteiger partial charge in [-0.2, -0.15) is 9.97 Å². The van der Waals surface area contributed by atoms with Crippen LogP contribution in [0, 0.1) is 11.8 Å². The first-order valence-electron chi connectivity index (χ1n) is 22.6. The first-order valence-corrected chi connectivity index (χ1v) is 22.6. The standard InChI is InChI=1S/C22H24FN5O6.C16H20FN5O6.C6H15N.CH4.H2O/c1-4-13-14(23)16(34-22(31)32-12-8-6-5-7-9-12)20(33-13)28-10-24-15-17(28)25-21(27-19(15)30)26-18(29)11(2)3;1-4-7-8(17)10(28-16(25)26)14(27-7)22-5-18-9-11(22)19-15(21-13(9)24)20-12(23)6(2)3;1-4-7(5-2)6-3;;/h5-11,13-14,16,20H,4H2,1-3H3,(H2,25,26,27,29,30);5-8,10,14H,4H2,1-3H3,(H,25,26)(H2,19,20,21,23,24);4-6H2,1-3H3;1H4;1H2/t13-,14-,16-,20-;7-,8-,10-,14-;;;/m11.../s1. The number of rotatable bonds is 14. The third kappa shape index (κ3) is 14.1. The number of nitrogens with one attached hydrogen (secondary N) is 4. The van der Waals surface area contributed by atoms with Gasteiger partial charge in [0, 0.05) is 11.8 Å². The Kier molecular flexibility index (Phi) is 21.7. The molecule has 0 saturated carbocycles. The van der Waals surface area contributed by atoms with Crippen LogP contribution in [0.3, 0.4) is 0 Å². The lowest BCUT2D eigenvalue weighted by Crippen LogP contribution is -2.34. The summed E-state index contributed by atoms with van der Waals surface area (Å²) in [5, 5.41) is 13.9. The molecule has 4 aromatic heterocycles. The normalized spacial score (nSPS) is 21.3. The van der Waals surface area contributed by atoms with Gasteiger partial charge in [-0.1, -0.05) is 87.9 Å². The number of fused-ring (bicyclic) bond motifs is 2. The fraction of sp³-hybridized carbons (Fsp3) is 0.556. The molecule has 0 unspecified atom stereocenters. The number of alkyl halides is 2. The van der Waals surface area contributed by atoms with Crippen LogP contribution in [-0.4, -0.2) is 135 Å². The van der Waals surface area contributed by atoms with Crippen molar-refractivity contribution in [2.45, 2.75) is 132 Å². The van der Waals surface area contributed by atoms with Gasteiger partial charge in [0.2, 0.25) is 23.7 Å². The number of carboxylic acid groups (broad SMARTS) is 1. The van der Waals surface area contributed by atoms with Gasteiger partial charge in [-0.3, -0.25) is 48.9 Å². The van der Waals surface area contributed by atoms with E-state index in [0.717, 1.165) is 0 Å². The van der Waals surface area contributed by atoms with Crippen LogP contribution in [0.4, 0.5) is 30.3 Å². The van der Waals surface area contributed by atoms with Crippen molar-refractivity contribution in [3.8, 4) is 5.75 Å². The number of ether oxygens (including phenoxy) is 5. The summed E-state index contributed by atoms with van der Waals surface area (Å²) >= 11 is 0. The van der Waals surface area contributed by atoms with Crippen molar-refractivity contribution in [1.82, 2.24) is 43.9 Å². The largest absolute Gasteiger partial charge is 0.514 e. The third-order valence-corrected chi connectivity index (χ3v) is 11.0. The Morgan fingerprint density at radius 2 is 1.14 bits per heavy atom. The third-order valence-electron chi connectivity index (χ3n) is 11.0. The van der Waals surface area contributed by atoms with E-state index in [1.165, 1.54) is 41.4 Å². The van der Waals surface area contributed by atoms with Gasteiger partial charge in [0.25, 0.3) is 11.1 Å². The maximum Gasteiger partial charge on any atom is 0.514 e. The topological polar surface area (TPSA) is 321 Å². The molecule has 7 rings (SSSR count). The Hall–Kier alpha value is -6.90. The van der Waals surface area contributed by atoms with E-state index < -0.39 is 72.6 Å². The summed E-state index contributed by atoms with van der Waals surface area (Å²) in [6, 6.07) is 8.20. The number of carbonyl (C=O) groups excluding carboxylic acids is 3. The number of benzene rings is 1. The number of para-hydroxylation sites is 1. The SMILES string of the molecule is C.CCN(CC)CC.CC[C@H]1O[C@@H](n2cnc3c(=O)[nH]c(NC(=O)C(C)C)nc32)[C@H](OC(=O)O)[C@@H]1F.CC[C@H]1O[C@@H](n2cnc3c(=O)[nH]c(NC(=O)C(C)C)nc32)[C@H](OC(=O)Oc2ccccc2)[C@@H]1F.O. The first kappa shape index (κ1) is 58.4. The summed E-state index contributed by atoms with van der Waals surface area (Å²) in [5.74, 6) is -1.41. The van der Waals surface area contributed by atoms with E-state index in [0.29, 0.717) is 6.42 Å².